The van der Waals surface area contributed by atoms with Gasteiger partial charge in [0.2, 0.25) is 0 Å². The normalized spacial score (nSPS) is 11.9. The lowest BCUT2D eigenvalue weighted by Gasteiger charge is -2.17. The molecule has 4 aromatic heterocycles. The highest BCUT2D eigenvalue weighted by Crippen LogP contribution is 2.44. The lowest BCUT2D eigenvalue weighted by Crippen LogP contribution is -2.02. The van der Waals surface area contributed by atoms with Crippen LogP contribution in [-0.4, -0.2) is 24.1 Å². The summed E-state index contributed by atoms with van der Waals surface area (Å²) in [5.74, 6) is 1.78. The van der Waals surface area contributed by atoms with Crippen LogP contribution in [0.2, 0.25) is 0 Å². The van der Waals surface area contributed by atoms with E-state index < -0.39 is 0 Å². The summed E-state index contributed by atoms with van der Waals surface area (Å²) in [6, 6.07) is 84.0. The maximum Gasteiger partial charge on any atom is 0.164 e. The molecule has 0 fully saturated rings. The van der Waals surface area contributed by atoms with E-state index in [0.717, 1.165) is 105 Å². The number of nitrogens with zero attached hydrogens (tertiary/aromatic N) is 5. The maximum atomic E-state index is 6.73. The highest BCUT2D eigenvalue weighted by Gasteiger charge is 2.23. The molecule has 0 saturated heterocycles. The molecule has 0 N–H and O–H groups in total. The van der Waals surface area contributed by atoms with Crippen molar-refractivity contribution in [3.63, 3.8) is 0 Å². The van der Waals surface area contributed by atoms with Gasteiger partial charge in [-0.2, -0.15) is 0 Å². The highest BCUT2D eigenvalue weighted by molar-refractivity contribution is 6.18. The van der Waals surface area contributed by atoms with Crippen molar-refractivity contribution in [1.29, 1.82) is 0 Å². The van der Waals surface area contributed by atoms with Crippen LogP contribution in [0.4, 0.5) is 0 Å². The quantitative estimate of drug-likeness (QED) is 0.167. The first-order chi connectivity index (χ1) is 35.2. The molecule has 0 radical (unpaired) electrons. The molecule has 4 heterocycles. The number of furan rings is 1. The predicted molar refractivity (Wildman–Crippen MR) is 293 cm³/mol. The molecule has 0 amide bonds. The summed E-state index contributed by atoms with van der Waals surface area (Å²) < 4.78 is 11.5. The summed E-state index contributed by atoms with van der Waals surface area (Å²) in [4.78, 5) is 15.9. The first-order valence-corrected chi connectivity index (χ1v) is 24.0. The number of aromatic nitrogens is 5. The zero-order chi connectivity index (χ0) is 46.6. The number of para-hydroxylation sites is 3. The fraction of sp³-hybridized carbons (Fsp3) is 0. The molecular formula is C65H39N5O. The maximum absolute atomic E-state index is 6.73. The van der Waals surface area contributed by atoms with Gasteiger partial charge in [-0.25, -0.2) is 15.0 Å². The van der Waals surface area contributed by atoms with E-state index in [1.807, 2.05) is 18.2 Å². The number of rotatable bonds is 6. The molecule has 71 heavy (non-hydrogen) atoms. The molecule has 330 valence electrons. The molecule has 0 aliphatic rings. The predicted octanol–water partition coefficient (Wildman–Crippen LogP) is 16.9. The Morgan fingerprint density at radius 2 is 0.831 bits per heavy atom. The van der Waals surface area contributed by atoms with Gasteiger partial charge in [-0.1, -0.05) is 146 Å². The monoisotopic (exact) mass is 905 g/mol. The first kappa shape index (κ1) is 39.4. The Kier molecular flexibility index (Phi) is 8.56. The molecule has 0 unspecified atom stereocenters. The van der Waals surface area contributed by atoms with Crippen LogP contribution in [-0.2, 0) is 0 Å². The number of hydrogen-bond acceptors (Lipinski definition) is 4. The van der Waals surface area contributed by atoms with Crippen LogP contribution in [0, 0.1) is 0 Å². The van der Waals surface area contributed by atoms with Gasteiger partial charge in [0.25, 0.3) is 0 Å². The van der Waals surface area contributed by atoms with Crippen molar-refractivity contribution in [2.45, 2.75) is 0 Å². The summed E-state index contributed by atoms with van der Waals surface area (Å²) in [5, 5.41) is 11.5. The third-order valence-electron chi connectivity index (χ3n) is 14.3. The third-order valence-corrected chi connectivity index (χ3v) is 14.3. The Bertz CT molecular complexity index is 4640. The largest absolute Gasteiger partial charge is 0.456 e. The molecule has 6 nitrogen and oxygen atoms in total. The van der Waals surface area contributed by atoms with Crippen molar-refractivity contribution in [3.8, 4) is 56.7 Å². The van der Waals surface area contributed by atoms with E-state index in [-0.39, 0.29) is 0 Å². The smallest absolute Gasteiger partial charge is 0.164 e. The van der Waals surface area contributed by atoms with Gasteiger partial charge in [-0.15, -0.1) is 0 Å². The lowest BCUT2D eigenvalue weighted by atomic mass is 9.95. The van der Waals surface area contributed by atoms with Crippen LogP contribution < -0.4 is 0 Å². The van der Waals surface area contributed by atoms with Gasteiger partial charge in [0.1, 0.15) is 11.2 Å². The molecule has 0 atom stereocenters. The van der Waals surface area contributed by atoms with Crippen molar-refractivity contribution in [2.75, 3.05) is 0 Å². The molecule has 0 aliphatic heterocycles. The van der Waals surface area contributed by atoms with E-state index in [1.165, 1.54) is 21.5 Å². The second-order valence-electron chi connectivity index (χ2n) is 18.4. The molecule has 15 aromatic rings. The SMILES string of the molecule is c1ccc(-c2nc(-c3ccc(-n4c5ccccc5c5cc6ccccc6cc54)c(-c4cccc5oc6cc7ccccc7cc6c45)c3)nc(-c3ccc4c(c3)c3ccccc3n4-c3ccccc3)n2)cc1. The summed E-state index contributed by atoms with van der Waals surface area (Å²) >= 11 is 0. The zero-order valence-electron chi connectivity index (χ0n) is 38.2. The Balaban J connectivity index is 1.000. The van der Waals surface area contributed by atoms with Gasteiger partial charge < -0.3 is 13.6 Å². The van der Waals surface area contributed by atoms with Crippen molar-refractivity contribution in [3.05, 3.63) is 237 Å². The molecule has 0 aliphatic carbocycles. The van der Waals surface area contributed by atoms with Gasteiger partial charge in [0.15, 0.2) is 17.5 Å². The molecule has 15 rings (SSSR count). The number of fused-ring (bicyclic) bond motifs is 11. The van der Waals surface area contributed by atoms with E-state index in [2.05, 4.69) is 228 Å². The summed E-state index contributed by atoms with van der Waals surface area (Å²) in [6.45, 7) is 0. The van der Waals surface area contributed by atoms with Gasteiger partial charge in [0.05, 0.1) is 27.8 Å². The lowest BCUT2D eigenvalue weighted by molar-refractivity contribution is 0.669. The van der Waals surface area contributed by atoms with Crippen LogP contribution >= 0.6 is 0 Å². The average molecular weight is 906 g/mol. The summed E-state index contributed by atoms with van der Waals surface area (Å²) in [5.41, 5.74) is 13.1. The Morgan fingerprint density at radius 1 is 0.296 bits per heavy atom. The van der Waals surface area contributed by atoms with Crippen LogP contribution in [0.15, 0.2) is 241 Å². The van der Waals surface area contributed by atoms with E-state index in [9.17, 15) is 0 Å². The minimum Gasteiger partial charge on any atom is -0.456 e. The van der Waals surface area contributed by atoms with E-state index in [0.29, 0.717) is 17.5 Å². The minimum atomic E-state index is 0.580. The zero-order valence-corrected chi connectivity index (χ0v) is 38.2. The number of hydrogen-bond donors (Lipinski definition) is 0. The fourth-order valence-electron chi connectivity index (χ4n) is 11.1. The summed E-state index contributed by atoms with van der Waals surface area (Å²) in [7, 11) is 0. The standard InChI is InChI=1S/C65H39N5O/c1-3-16-40(17-4-1)63-66-64(45-30-32-57-51(36-45)48-24-11-13-27-55(48)69(57)47-22-5-2-6-23-47)68-65(67-63)46-31-33-58(70-56-28-14-12-25-49(56)52-34-41-18-7-9-20-43(41)38-59(52)70)53(37-46)50-26-15-29-60-62(50)54-35-42-19-8-10-21-44(42)39-61(54)71-60/h1-39H. The fourth-order valence-corrected chi connectivity index (χ4v) is 11.1. The Hall–Kier alpha value is -9.65. The van der Waals surface area contributed by atoms with Crippen molar-refractivity contribution < 1.29 is 4.42 Å². The van der Waals surface area contributed by atoms with Crippen molar-refractivity contribution in [1.82, 2.24) is 24.1 Å². The minimum absolute atomic E-state index is 0.580. The Labute approximate surface area is 407 Å². The van der Waals surface area contributed by atoms with Gasteiger partial charge in [-0.3, -0.25) is 0 Å². The van der Waals surface area contributed by atoms with Gasteiger partial charge in [-0.05, 0) is 118 Å². The van der Waals surface area contributed by atoms with Crippen LogP contribution in [0.3, 0.4) is 0 Å². The Morgan fingerprint density at radius 3 is 1.55 bits per heavy atom. The highest BCUT2D eigenvalue weighted by atomic mass is 16.3. The molecular weight excluding hydrogens is 867 g/mol. The van der Waals surface area contributed by atoms with Crippen molar-refractivity contribution >= 4 is 87.1 Å². The third kappa shape index (κ3) is 6.18. The van der Waals surface area contributed by atoms with Crippen LogP contribution in [0.1, 0.15) is 0 Å². The molecule has 6 heteroatoms. The van der Waals surface area contributed by atoms with Crippen LogP contribution in [0.25, 0.3) is 144 Å². The van der Waals surface area contributed by atoms with Gasteiger partial charge >= 0.3 is 0 Å². The second kappa shape index (κ2) is 15.4. The molecule has 0 bridgehead atoms. The van der Waals surface area contributed by atoms with Gasteiger partial charge in [0, 0.05) is 60.3 Å². The second-order valence-corrected chi connectivity index (χ2v) is 18.4. The number of benzene rings is 11. The van der Waals surface area contributed by atoms with Crippen molar-refractivity contribution in [2.24, 2.45) is 0 Å². The topological polar surface area (TPSA) is 61.7 Å². The summed E-state index contributed by atoms with van der Waals surface area (Å²) in [6.07, 6.45) is 0. The van der Waals surface area contributed by atoms with E-state index in [4.69, 9.17) is 19.4 Å². The first-order valence-electron chi connectivity index (χ1n) is 24.0. The van der Waals surface area contributed by atoms with Crippen LogP contribution in [0.5, 0.6) is 0 Å². The van der Waals surface area contributed by atoms with E-state index in [1.54, 1.807) is 0 Å². The molecule has 0 saturated carbocycles. The molecule has 11 aromatic carbocycles. The van der Waals surface area contributed by atoms with E-state index >= 15 is 0 Å². The molecule has 0 spiro atoms. The average Bonchev–Trinajstić information content (AvgIpc) is 4.08.